The average Bonchev–Trinajstić information content (AvgIpc) is 3.30. The summed E-state index contributed by atoms with van der Waals surface area (Å²) in [6, 6.07) is 15.8. The Morgan fingerprint density at radius 1 is 0.731 bits per heavy atom. The molecule has 0 bridgehead atoms. The van der Waals surface area contributed by atoms with E-state index in [1.54, 1.807) is 0 Å². The van der Waals surface area contributed by atoms with E-state index >= 15 is 0 Å². The second kappa shape index (κ2) is 6.82. The topological polar surface area (TPSA) is 36.9 Å². The van der Waals surface area contributed by atoms with Crippen LogP contribution < -0.4 is 18.6 Å². The summed E-state index contributed by atoms with van der Waals surface area (Å²) in [5.41, 5.74) is 0. The van der Waals surface area contributed by atoms with Crippen molar-refractivity contribution in [2.24, 2.45) is 5.92 Å². The molecule has 2 aromatic rings. The highest BCUT2D eigenvalue weighted by Gasteiger charge is 2.48. The number of hydrogen-bond donors (Lipinski definition) is 0. The van der Waals surface area contributed by atoms with Crippen molar-refractivity contribution in [1.29, 1.82) is 0 Å². The highest BCUT2D eigenvalue weighted by atomic mass is 16.6. The Balaban J connectivity index is 1.34. The molecular weight excluding hydrogens is 326 g/mol. The molecule has 2 heterocycles. The van der Waals surface area contributed by atoms with Crippen molar-refractivity contribution in [2.45, 2.75) is 44.2 Å². The molecule has 26 heavy (non-hydrogen) atoms. The maximum absolute atomic E-state index is 6.18. The Morgan fingerprint density at radius 2 is 1.23 bits per heavy atom. The molecule has 0 N–H and O–H groups in total. The second-order valence-electron chi connectivity index (χ2n) is 7.46. The molecule has 0 spiro atoms. The van der Waals surface area contributed by atoms with Gasteiger partial charge in [-0.25, -0.2) is 0 Å². The van der Waals surface area contributed by atoms with Gasteiger partial charge in [0, 0.05) is 12.1 Å². The predicted octanol–water partition coefficient (Wildman–Crippen LogP) is 4.86. The Kier molecular flexibility index (Phi) is 4.19. The van der Waals surface area contributed by atoms with E-state index in [1.807, 2.05) is 48.5 Å². The summed E-state index contributed by atoms with van der Waals surface area (Å²) in [7, 11) is -0.526. The summed E-state index contributed by atoms with van der Waals surface area (Å²) in [6.45, 7) is 0. The Morgan fingerprint density at radius 3 is 1.77 bits per heavy atom. The first-order valence-electron chi connectivity index (χ1n) is 9.71. The van der Waals surface area contributed by atoms with Crippen LogP contribution in [0.3, 0.4) is 0 Å². The quantitative estimate of drug-likeness (QED) is 0.740. The molecular formula is C20H22B2O4. The molecule has 6 heteroatoms. The lowest BCUT2D eigenvalue weighted by Gasteiger charge is -2.30. The fourth-order valence-electron chi connectivity index (χ4n) is 4.45. The predicted molar refractivity (Wildman–Crippen MR) is 102 cm³/mol. The molecule has 0 radical (unpaired) electrons. The van der Waals surface area contributed by atoms with Gasteiger partial charge in [0.05, 0.1) is 0 Å². The van der Waals surface area contributed by atoms with Crippen molar-refractivity contribution in [3.8, 4) is 23.0 Å². The van der Waals surface area contributed by atoms with Crippen molar-refractivity contribution < 1.29 is 18.6 Å². The van der Waals surface area contributed by atoms with Crippen molar-refractivity contribution in [3.63, 3.8) is 0 Å². The van der Waals surface area contributed by atoms with Crippen LogP contribution >= 0.6 is 0 Å². The van der Waals surface area contributed by atoms with Crippen LogP contribution in [0.25, 0.3) is 0 Å². The smallest absolute Gasteiger partial charge is 0.523 e. The van der Waals surface area contributed by atoms with E-state index in [0.29, 0.717) is 5.92 Å². The van der Waals surface area contributed by atoms with Gasteiger partial charge in [-0.15, -0.1) is 0 Å². The normalized spacial score (nSPS) is 19.7. The van der Waals surface area contributed by atoms with E-state index in [1.165, 1.54) is 32.1 Å². The van der Waals surface area contributed by atoms with Crippen molar-refractivity contribution in [3.05, 3.63) is 48.5 Å². The lowest BCUT2D eigenvalue weighted by Crippen LogP contribution is -2.40. The van der Waals surface area contributed by atoms with Gasteiger partial charge >= 0.3 is 14.2 Å². The van der Waals surface area contributed by atoms with Gasteiger partial charge in [0.25, 0.3) is 0 Å². The molecule has 0 amide bonds. The van der Waals surface area contributed by atoms with E-state index in [-0.39, 0.29) is 20.1 Å². The molecule has 0 saturated heterocycles. The zero-order valence-electron chi connectivity index (χ0n) is 14.8. The first kappa shape index (κ1) is 16.0. The van der Waals surface area contributed by atoms with Gasteiger partial charge in [-0.05, 0) is 30.2 Å². The maximum atomic E-state index is 6.18. The summed E-state index contributed by atoms with van der Waals surface area (Å²) in [5, 5.41) is 0. The van der Waals surface area contributed by atoms with E-state index in [2.05, 4.69) is 0 Å². The Bertz CT molecular complexity index is 728. The third kappa shape index (κ3) is 3.02. The largest absolute Gasteiger partial charge is 0.598 e. The third-order valence-corrected chi connectivity index (χ3v) is 5.77. The second-order valence-corrected chi connectivity index (χ2v) is 7.46. The molecule has 5 rings (SSSR count). The SMILES string of the molecule is c1ccc2c(c1)OB(CC(B1Oc3ccccc3O1)C1CCCCC1)O2. The van der Waals surface area contributed by atoms with Gasteiger partial charge in [0.1, 0.15) is 23.0 Å². The van der Waals surface area contributed by atoms with Gasteiger partial charge in [-0.3, -0.25) is 0 Å². The number of hydrogen-bond acceptors (Lipinski definition) is 4. The van der Waals surface area contributed by atoms with Gasteiger partial charge in [-0.2, -0.15) is 0 Å². The van der Waals surface area contributed by atoms with E-state index in [4.69, 9.17) is 18.6 Å². The van der Waals surface area contributed by atoms with Crippen LogP contribution in [0.15, 0.2) is 48.5 Å². The van der Waals surface area contributed by atoms with Crippen LogP contribution in [0.1, 0.15) is 32.1 Å². The number of benzene rings is 2. The van der Waals surface area contributed by atoms with Crippen molar-refractivity contribution in [1.82, 2.24) is 0 Å². The van der Waals surface area contributed by atoms with Crippen molar-refractivity contribution in [2.75, 3.05) is 0 Å². The number of rotatable bonds is 4. The summed E-state index contributed by atoms with van der Waals surface area (Å²) in [5.74, 6) is 4.18. The van der Waals surface area contributed by atoms with E-state index in [0.717, 1.165) is 29.3 Å². The van der Waals surface area contributed by atoms with Gasteiger partial charge in [0.15, 0.2) is 0 Å². The molecule has 4 nitrogen and oxygen atoms in total. The zero-order chi connectivity index (χ0) is 17.3. The first-order chi connectivity index (χ1) is 12.9. The van der Waals surface area contributed by atoms with E-state index < -0.39 is 0 Å². The molecule has 1 atom stereocenters. The summed E-state index contributed by atoms with van der Waals surface area (Å²) >= 11 is 0. The summed E-state index contributed by atoms with van der Waals surface area (Å²) in [6.07, 6.45) is 7.13. The highest BCUT2D eigenvalue weighted by molar-refractivity contribution is 6.55. The van der Waals surface area contributed by atoms with Crippen LogP contribution in [0.5, 0.6) is 23.0 Å². The molecule has 132 valence electrons. The minimum atomic E-state index is -0.268. The molecule has 3 aliphatic rings. The van der Waals surface area contributed by atoms with Crippen LogP contribution in [-0.2, 0) is 0 Å². The minimum absolute atomic E-state index is 0.252. The van der Waals surface area contributed by atoms with Crippen LogP contribution in [0.2, 0.25) is 12.1 Å². The monoisotopic (exact) mass is 348 g/mol. The molecule has 1 fully saturated rings. The average molecular weight is 348 g/mol. The van der Waals surface area contributed by atoms with Crippen molar-refractivity contribution >= 4 is 14.2 Å². The summed E-state index contributed by atoms with van der Waals surface area (Å²) in [4.78, 5) is 0. The Labute approximate surface area is 155 Å². The molecule has 1 saturated carbocycles. The number of fused-ring (bicyclic) bond motifs is 2. The molecule has 2 aliphatic heterocycles. The molecule has 2 aromatic carbocycles. The van der Waals surface area contributed by atoms with E-state index in [9.17, 15) is 0 Å². The van der Waals surface area contributed by atoms with Gasteiger partial charge < -0.3 is 18.6 Å². The zero-order valence-corrected chi connectivity index (χ0v) is 14.8. The van der Waals surface area contributed by atoms with Gasteiger partial charge in [0.2, 0.25) is 0 Å². The van der Waals surface area contributed by atoms with Gasteiger partial charge in [-0.1, -0.05) is 56.4 Å². The highest BCUT2D eigenvalue weighted by Crippen LogP contribution is 2.45. The molecule has 1 unspecified atom stereocenters. The molecule has 0 aromatic heterocycles. The van der Waals surface area contributed by atoms with Crippen LogP contribution in [-0.4, -0.2) is 14.2 Å². The fourth-order valence-corrected chi connectivity index (χ4v) is 4.45. The van der Waals surface area contributed by atoms with Crippen LogP contribution in [0.4, 0.5) is 0 Å². The third-order valence-electron chi connectivity index (χ3n) is 5.77. The number of para-hydroxylation sites is 4. The molecule has 1 aliphatic carbocycles. The summed E-state index contributed by atoms with van der Waals surface area (Å²) < 4.78 is 24.4. The lowest BCUT2D eigenvalue weighted by molar-refractivity contribution is 0.313. The first-order valence-corrected chi connectivity index (χ1v) is 9.71. The fraction of sp³-hybridized carbons (Fsp3) is 0.400. The standard InChI is InChI=1S/C20H22B2O4/c1-2-8-15(9-3-1)16(22-25-19-12-6-7-13-20(19)26-22)14-21-23-17-10-4-5-11-18(17)24-21/h4-7,10-13,15-16H,1-3,8-9,14H2. The maximum Gasteiger partial charge on any atom is 0.598 e. The minimum Gasteiger partial charge on any atom is -0.523 e. The van der Waals surface area contributed by atoms with Crippen LogP contribution in [0, 0.1) is 5.92 Å². The Hall–Kier alpha value is -2.23. The lowest BCUT2D eigenvalue weighted by atomic mass is 9.54.